The lowest BCUT2D eigenvalue weighted by Crippen LogP contribution is -2.31. The molecular weight excluding hydrogens is 534 g/mol. The van der Waals surface area contributed by atoms with Crippen molar-refractivity contribution in [2.24, 2.45) is 0 Å². The highest BCUT2D eigenvalue weighted by molar-refractivity contribution is 6.46. The summed E-state index contributed by atoms with van der Waals surface area (Å²) in [5.41, 5.74) is 2.07. The number of fused-ring (bicyclic) bond motifs is 1. The van der Waals surface area contributed by atoms with Gasteiger partial charge in [-0.05, 0) is 61.2 Å². The number of amides is 1. The molecule has 3 aromatic carbocycles. The number of carbonyl (C=O) groups excluding carboxylic acids is 2. The van der Waals surface area contributed by atoms with Gasteiger partial charge in [-0.2, -0.15) is 0 Å². The van der Waals surface area contributed by atoms with E-state index in [9.17, 15) is 14.7 Å². The van der Waals surface area contributed by atoms with E-state index in [1.165, 1.54) is 4.90 Å². The monoisotopic (exact) mass is 571 g/mol. The summed E-state index contributed by atoms with van der Waals surface area (Å²) in [6.45, 7) is 6.12. The highest BCUT2D eigenvalue weighted by Crippen LogP contribution is 2.43. The molecule has 2 aliphatic rings. The number of aliphatic hydroxyl groups is 1. The van der Waals surface area contributed by atoms with Gasteiger partial charge < -0.3 is 29.0 Å². The third-order valence-corrected chi connectivity index (χ3v) is 7.43. The molecule has 220 valence electrons. The van der Waals surface area contributed by atoms with E-state index in [0.717, 1.165) is 24.8 Å². The summed E-state index contributed by atoms with van der Waals surface area (Å²) in [7, 11) is 0. The van der Waals surface area contributed by atoms with E-state index in [0.29, 0.717) is 67.0 Å². The molecule has 8 heteroatoms. The van der Waals surface area contributed by atoms with Crippen LogP contribution in [0.5, 0.6) is 23.0 Å². The number of benzene rings is 3. The molecule has 0 saturated carbocycles. The van der Waals surface area contributed by atoms with Crippen molar-refractivity contribution in [3.8, 4) is 23.0 Å². The first-order chi connectivity index (χ1) is 20.5. The molecule has 42 heavy (non-hydrogen) atoms. The van der Waals surface area contributed by atoms with Crippen LogP contribution in [-0.4, -0.2) is 54.7 Å². The number of unbranched alkanes of at least 4 members (excludes halogenated alkanes) is 2. The smallest absolute Gasteiger partial charge is 0.295 e. The van der Waals surface area contributed by atoms with Gasteiger partial charge in [-0.1, -0.05) is 56.2 Å². The molecule has 1 amide bonds. The number of Topliss-reactive ketones (excluding diaryl/α,β-unsaturated/α-hetero) is 1. The maximum Gasteiger partial charge on any atom is 0.295 e. The lowest BCUT2D eigenvalue weighted by atomic mass is 9.94. The molecule has 5 rings (SSSR count). The summed E-state index contributed by atoms with van der Waals surface area (Å²) in [6.07, 6.45) is 3.63. The standard InChI is InChI=1S/C34H37NO7/c1-3-5-9-18-40-26-14-12-24(21-28(26)39-4-2)31-30(32(36)25-13-15-27-29(22-25)42-20-19-41-27)33(37)34(38)35(31)17-16-23-10-7-6-8-11-23/h6-8,10-15,21-22,31,36H,3-5,9,16-20H2,1-2H3/t31-/m1/s1. The number of hydrogen-bond donors (Lipinski definition) is 1. The van der Waals surface area contributed by atoms with Crippen LogP contribution in [0.25, 0.3) is 5.76 Å². The van der Waals surface area contributed by atoms with E-state index < -0.39 is 17.7 Å². The zero-order valence-electron chi connectivity index (χ0n) is 24.1. The zero-order valence-corrected chi connectivity index (χ0v) is 24.1. The van der Waals surface area contributed by atoms with E-state index >= 15 is 0 Å². The molecule has 2 aliphatic heterocycles. The largest absolute Gasteiger partial charge is 0.507 e. The molecule has 0 aromatic heterocycles. The Balaban J connectivity index is 1.56. The minimum atomic E-state index is -0.824. The first-order valence-electron chi connectivity index (χ1n) is 14.6. The summed E-state index contributed by atoms with van der Waals surface area (Å²) < 4.78 is 23.3. The fraction of sp³-hybridized carbons (Fsp3) is 0.353. The van der Waals surface area contributed by atoms with Crippen molar-refractivity contribution in [2.45, 2.75) is 45.6 Å². The molecule has 2 heterocycles. The van der Waals surface area contributed by atoms with Crippen LogP contribution < -0.4 is 18.9 Å². The predicted octanol–water partition coefficient (Wildman–Crippen LogP) is 6.09. The van der Waals surface area contributed by atoms with Crippen molar-refractivity contribution in [1.82, 2.24) is 4.90 Å². The second kappa shape index (κ2) is 13.5. The van der Waals surface area contributed by atoms with Crippen molar-refractivity contribution in [1.29, 1.82) is 0 Å². The highest BCUT2D eigenvalue weighted by Gasteiger charge is 2.46. The summed E-state index contributed by atoms with van der Waals surface area (Å²) in [4.78, 5) is 28.6. The van der Waals surface area contributed by atoms with Crippen molar-refractivity contribution in [2.75, 3.05) is 33.0 Å². The van der Waals surface area contributed by atoms with Gasteiger partial charge in [0.05, 0.1) is 24.8 Å². The summed E-state index contributed by atoms with van der Waals surface area (Å²) >= 11 is 0. The molecule has 1 N–H and O–H groups in total. The Labute approximate surface area is 246 Å². The van der Waals surface area contributed by atoms with E-state index in [1.807, 2.05) is 55.5 Å². The van der Waals surface area contributed by atoms with Gasteiger partial charge in [0.1, 0.15) is 19.0 Å². The Hall–Kier alpha value is -4.46. The van der Waals surface area contributed by atoms with Crippen LogP contribution in [0, 0.1) is 0 Å². The Morgan fingerprint density at radius 3 is 2.45 bits per heavy atom. The van der Waals surface area contributed by atoms with Crippen molar-refractivity contribution in [3.63, 3.8) is 0 Å². The molecular formula is C34H37NO7. The minimum Gasteiger partial charge on any atom is -0.507 e. The maximum absolute atomic E-state index is 13.6. The van der Waals surface area contributed by atoms with Crippen LogP contribution in [0.1, 0.15) is 55.8 Å². The number of ketones is 1. The lowest BCUT2D eigenvalue weighted by molar-refractivity contribution is -0.139. The first kappa shape index (κ1) is 29.0. The number of rotatable bonds is 12. The van der Waals surface area contributed by atoms with Gasteiger partial charge in [0.2, 0.25) is 0 Å². The predicted molar refractivity (Wildman–Crippen MR) is 159 cm³/mol. The number of aliphatic hydroxyl groups excluding tert-OH is 1. The zero-order chi connectivity index (χ0) is 29.5. The summed E-state index contributed by atoms with van der Waals surface area (Å²) in [5, 5.41) is 11.6. The molecule has 0 spiro atoms. The number of nitrogens with zero attached hydrogens (tertiary/aromatic N) is 1. The van der Waals surface area contributed by atoms with Gasteiger partial charge in [0.25, 0.3) is 11.7 Å². The molecule has 0 aliphatic carbocycles. The molecule has 1 saturated heterocycles. The fourth-order valence-electron chi connectivity index (χ4n) is 5.31. The van der Waals surface area contributed by atoms with Gasteiger partial charge in [0.15, 0.2) is 23.0 Å². The van der Waals surface area contributed by atoms with Crippen molar-refractivity contribution in [3.05, 3.63) is 89.0 Å². The number of ether oxygens (including phenoxy) is 4. The fourth-order valence-corrected chi connectivity index (χ4v) is 5.31. The quantitative estimate of drug-likeness (QED) is 0.122. The molecule has 1 fully saturated rings. The Kier molecular flexibility index (Phi) is 9.31. The van der Waals surface area contributed by atoms with Crippen LogP contribution in [0.4, 0.5) is 0 Å². The lowest BCUT2D eigenvalue weighted by Gasteiger charge is -2.26. The van der Waals surface area contributed by atoms with Crippen molar-refractivity contribution >= 4 is 17.4 Å². The molecule has 1 atom stereocenters. The number of likely N-dealkylation sites (tertiary alicyclic amines) is 1. The maximum atomic E-state index is 13.6. The van der Waals surface area contributed by atoms with E-state index in [1.54, 1.807) is 18.2 Å². The van der Waals surface area contributed by atoms with Crippen molar-refractivity contribution < 1.29 is 33.6 Å². The van der Waals surface area contributed by atoms with Crippen LogP contribution in [0.15, 0.2) is 72.3 Å². The van der Waals surface area contributed by atoms with Crippen LogP contribution in [0.2, 0.25) is 0 Å². The van der Waals surface area contributed by atoms with E-state index in [2.05, 4.69) is 6.92 Å². The van der Waals surface area contributed by atoms with Gasteiger partial charge in [-0.25, -0.2) is 0 Å². The third-order valence-electron chi connectivity index (χ3n) is 7.43. The second-order valence-corrected chi connectivity index (χ2v) is 10.3. The van der Waals surface area contributed by atoms with E-state index in [4.69, 9.17) is 18.9 Å². The van der Waals surface area contributed by atoms with Gasteiger partial charge in [-0.15, -0.1) is 0 Å². The highest BCUT2D eigenvalue weighted by atomic mass is 16.6. The molecule has 0 radical (unpaired) electrons. The third kappa shape index (κ3) is 6.22. The average Bonchev–Trinajstić information content (AvgIpc) is 3.27. The topological polar surface area (TPSA) is 94.5 Å². The normalized spacial score (nSPS) is 17.4. The van der Waals surface area contributed by atoms with E-state index in [-0.39, 0.29) is 17.9 Å². The number of hydrogen-bond acceptors (Lipinski definition) is 7. The van der Waals surface area contributed by atoms with Crippen LogP contribution in [0.3, 0.4) is 0 Å². The number of carbonyl (C=O) groups is 2. The second-order valence-electron chi connectivity index (χ2n) is 10.3. The SMILES string of the molecule is CCCCCOc1ccc([C@@H]2C(=C(O)c3ccc4c(c3)OCCO4)C(=O)C(=O)N2CCc2ccccc2)cc1OCC. The van der Waals surface area contributed by atoms with Gasteiger partial charge >= 0.3 is 0 Å². The average molecular weight is 572 g/mol. The summed E-state index contributed by atoms with van der Waals surface area (Å²) in [5.74, 6) is 0.503. The molecule has 0 bridgehead atoms. The Bertz CT molecular complexity index is 1450. The molecule has 3 aromatic rings. The first-order valence-corrected chi connectivity index (χ1v) is 14.6. The van der Waals surface area contributed by atoms with Gasteiger partial charge in [0, 0.05) is 12.1 Å². The molecule has 8 nitrogen and oxygen atoms in total. The van der Waals surface area contributed by atoms with Crippen LogP contribution in [-0.2, 0) is 16.0 Å². The van der Waals surface area contributed by atoms with Crippen LogP contribution >= 0.6 is 0 Å². The minimum absolute atomic E-state index is 0.0174. The Morgan fingerprint density at radius 2 is 1.69 bits per heavy atom. The summed E-state index contributed by atoms with van der Waals surface area (Å²) in [6, 6.07) is 19.4. The van der Waals surface area contributed by atoms with Gasteiger partial charge in [-0.3, -0.25) is 9.59 Å². The Morgan fingerprint density at radius 1 is 0.905 bits per heavy atom. The molecule has 0 unspecified atom stereocenters.